The molecule has 0 aliphatic carbocycles. The summed E-state index contributed by atoms with van der Waals surface area (Å²) in [7, 11) is -3.47. The molecule has 0 bridgehead atoms. The van der Waals surface area contributed by atoms with Crippen LogP contribution in [-0.4, -0.2) is 32.9 Å². The molecule has 3 aromatic rings. The molecular formula is C28H30F3NO4S. The third kappa shape index (κ3) is 6.05. The van der Waals surface area contributed by atoms with Crippen LogP contribution in [0.4, 0.5) is 18.9 Å². The first-order valence-corrected chi connectivity index (χ1v) is 13.5. The van der Waals surface area contributed by atoms with Gasteiger partial charge in [-0.05, 0) is 46.9 Å². The van der Waals surface area contributed by atoms with E-state index in [4.69, 9.17) is 4.74 Å². The first-order valence-electron chi connectivity index (χ1n) is 11.8. The van der Waals surface area contributed by atoms with Crippen LogP contribution in [-0.2, 0) is 25.0 Å². The summed E-state index contributed by atoms with van der Waals surface area (Å²) in [5.41, 5.74) is -1.99. The van der Waals surface area contributed by atoms with Crippen molar-refractivity contribution in [1.82, 2.24) is 0 Å². The molecule has 37 heavy (non-hydrogen) atoms. The fourth-order valence-electron chi connectivity index (χ4n) is 4.02. The predicted molar refractivity (Wildman–Crippen MR) is 138 cm³/mol. The van der Waals surface area contributed by atoms with Crippen molar-refractivity contribution >= 4 is 21.4 Å². The standard InChI is InChI=1S/C28H30F3NO4S/c1-5-37(34,35)24-14-11-21(12-15-24)25-17-23(13-16-26(25)32-20(4)33)27(28(29,30)31,36-18-19(2)3)22-9-7-6-8-10-22/h6-17,19H,5,18H2,1-4H3,(H,32,33). The number of halogens is 3. The van der Waals surface area contributed by atoms with Crippen molar-refractivity contribution < 1.29 is 31.1 Å². The highest BCUT2D eigenvalue weighted by Gasteiger charge is 2.58. The van der Waals surface area contributed by atoms with Gasteiger partial charge in [0.2, 0.25) is 11.5 Å². The van der Waals surface area contributed by atoms with Gasteiger partial charge in [0.15, 0.2) is 9.84 Å². The molecule has 1 amide bonds. The molecule has 0 aliphatic rings. The summed E-state index contributed by atoms with van der Waals surface area (Å²) < 4.78 is 75.2. The number of sulfone groups is 1. The Morgan fingerprint density at radius 2 is 1.57 bits per heavy atom. The van der Waals surface area contributed by atoms with Crippen LogP contribution in [0.3, 0.4) is 0 Å². The molecule has 0 aliphatic heterocycles. The van der Waals surface area contributed by atoms with Crippen LogP contribution in [0.25, 0.3) is 11.1 Å². The Morgan fingerprint density at radius 1 is 0.946 bits per heavy atom. The van der Waals surface area contributed by atoms with Crippen molar-refractivity contribution in [3.63, 3.8) is 0 Å². The van der Waals surface area contributed by atoms with Crippen molar-refractivity contribution in [2.75, 3.05) is 17.7 Å². The molecule has 5 nitrogen and oxygen atoms in total. The summed E-state index contributed by atoms with van der Waals surface area (Å²) in [5.74, 6) is -0.658. The Balaban J connectivity index is 2.30. The zero-order valence-corrected chi connectivity index (χ0v) is 21.9. The van der Waals surface area contributed by atoms with Gasteiger partial charge in [-0.1, -0.05) is 69.3 Å². The normalized spacial score (nSPS) is 13.8. The van der Waals surface area contributed by atoms with Crippen LogP contribution in [0.15, 0.2) is 77.7 Å². The minimum absolute atomic E-state index is 0.0780. The van der Waals surface area contributed by atoms with Gasteiger partial charge in [-0.15, -0.1) is 0 Å². The van der Waals surface area contributed by atoms with E-state index in [1.165, 1.54) is 80.6 Å². The highest BCUT2D eigenvalue weighted by atomic mass is 32.2. The summed E-state index contributed by atoms with van der Waals surface area (Å²) in [5, 5.41) is 2.66. The van der Waals surface area contributed by atoms with Gasteiger partial charge in [0, 0.05) is 18.2 Å². The maximum absolute atomic E-state index is 15.0. The van der Waals surface area contributed by atoms with E-state index in [-0.39, 0.29) is 40.0 Å². The minimum atomic E-state index is -4.82. The second-order valence-corrected chi connectivity index (χ2v) is 11.4. The lowest BCUT2D eigenvalue weighted by molar-refractivity contribution is -0.269. The molecule has 0 aromatic heterocycles. The Morgan fingerprint density at radius 3 is 2.08 bits per heavy atom. The highest BCUT2D eigenvalue weighted by molar-refractivity contribution is 7.91. The number of benzene rings is 3. The molecule has 0 radical (unpaired) electrons. The van der Waals surface area contributed by atoms with Crippen molar-refractivity contribution in [2.24, 2.45) is 5.92 Å². The van der Waals surface area contributed by atoms with Crippen molar-refractivity contribution in [2.45, 2.75) is 44.4 Å². The number of anilines is 1. The fraction of sp³-hybridized carbons (Fsp3) is 0.321. The molecule has 198 valence electrons. The summed E-state index contributed by atoms with van der Waals surface area (Å²) in [6, 6.07) is 17.3. The summed E-state index contributed by atoms with van der Waals surface area (Å²) in [4.78, 5) is 12.0. The number of alkyl halides is 3. The van der Waals surface area contributed by atoms with Gasteiger partial charge in [-0.3, -0.25) is 4.79 Å². The quantitative estimate of drug-likeness (QED) is 0.337. The average molecular weight is 534 g/mol. The molecule has 0 spiro atoms. The maximum atomic E-state index is 15.0. The molecule has 0 fully saturated rings. The Hall–Kier alpha value is -3.17. The Kier molecular flexibility index (Phi) is 8.49. The summed E-state index contributed by atoms with van der Waals surface area (Å²) in [6.45, 7) is 6.21. The van der Waals surface area contributed by atoms with Crippen LogP contribution >= 0.6 is 0 Å². The Labute approximate surface area is 215 Å². The smallest absolute Gasteiger partial charge is 0.356 e. The number of carbonyl (C=O) groups is 1. The van der Waals surface area contributed by atoms with Gasteiger partial charge in [0.1, 0.15) is 0 Å². The molecule has 1 unspecified atom stereocenters. The summed E-state index contributed by atoms with van der Waals surface area (Å²) in [6.07, 6.45) is -4.82. The molecule has 0 heterocycles. The van der Waals surface area contributed by atoms with Crippen molar-refractivity contribution in [3.8, 4) is 11.1 Å². The van der Waals surface area contributed by atoms with E-state index in [2.05, 4.69) is 5.32 Å². The van der Waals surface area contributed by atoms with Crippen LogP contribution in [0.5, 0.6) is 0 Å². The number of amides is 1. The van der Waals surface area contributed by atoms with Crippen LogP contribution in [0.2, 0.25) is 0 Å². The lowest BCUT2D eigenvalue weighted by Gasteiger charge is -2.37. The SMILES string of the molecule is CCS(=O)(=O)c1ccc(-c2cc(C(OCC(C)C)(c3ccccc3)C(F)(F)F)ccc2NC(C)=O)cc1. The number of hydrogen-bond acceptors (Lipinski definition) is 4. The van der Waals surface area contributed by atoms with Crippen LogP contribution in [0.1, 0.15) is 38.8 Å². The lowest BCUT2D eigenvalue weighted by atomic mass is 9.83. The van der Waals surface area contributed by atoms with E-state index >= 15 is 13.2 Å². The maximum Gasteiger partial charge on any atom is 0.426 e. The average Bonchev–Trinajstić information content (AvgIpc) is 2.84. The number of nitrogens with one attached hydrogen (secondary N) is 1. The van der Waals surface area contributed by atoms with Crippen LogP contribution in [0, 0.1) is 5.92 Å². The number of hydrogen-bond donors (Lipinski definition) is 1. The molecule has 3 aromatic carbocycles. The van der Waals surface area contributed by atoms with E-state index in [1.54, 1.807) is 19.9 Å². The first-order chi connectivity index (χ1) is 17.3. The lowest BCUT2D eigenvalue weighted by Crippen LogP contribution is -2.46. The highest BCUT2D eigenvalue weighted by Crippen LogP contribution is 2.49. The van der Waals surface area contributed by atoms with Gasteiger partial charge in [-0.2, -0.15) is 13.2 Å². The van der Waals surface area contributed by atoms with Gasteiger partial charge < -0.3 is 10.1 Å². The fourth-order valence-corrected chi connectivity index (χ4v) is 4.90. The van der Waals surface area contributed by atoms with Gasteiger partial charge in [0.25, 0.3) is 0 Å². The van der Waals surface area contributed by atoms with Crippen molar-refractivity contribution in [3.05, 3.63) is 83.9 Å². The monoisotopic (exact) mass is 533 g/mol. The molecule has 1 atom stereocenters. The van der Waals surface area contributed by atoms with E-state index in [0.717, 1.165) is 0 Å². The van der Waals surface area contributed by atoms with Crippen LogP contribution < -0.4 is 5.32 Å². The van der Waals surface area contributed by atoms with Crippen molar-refractivity contribution in [1.29, 1.82) is 0 Å². The first kappa shape index (κ1) is 28.4. The summed E-state index contributed by atoms with van der Waals surface area (Å²) >= 11 is 0. The largest absolute Gasteiger partial charge is 0.426 e. The van der Waals surface area contributed by atoms with E-state index < -0.39 is 27.5 Å². The van der Waals surface area contributed by atoms with E-state index in [9.17, 15) is 13.2 Å². The second kappa shape index (κ2) is 11.1. The minimum Gasteiger partial charge on any atom is -0.356 e. The van der Waals surface area contributed by atoms with Gasteiger partial charge in [0.05, 0.1) is 17.3 Å². The third-order valence-electron chi connectivity index (χ3n) is 5.85. The number of ether oxygens (including phenoxy) is 1. The molecule has 3 rings (SSSR count). The third-order valence-corrected chi connectivity index (χ3v) is 7.60. The predicted octanol–water partition coefficient (Wildman–Crippen LogP) is 6.58. The Bertz CT molecular complexity index is 1340. The second-order valence-electron chi connectivity index (χ2n) is 9.12. The van der Waals surface area contributed by atoms with E-state index in [0.29, 0.717) is 11.1 Å². The molecule has 0 saturated carbocycles. The number of carbonyl (C=O) groups excluding carboxylic acids is 1. The molecule has 9 heteroatoms. The molecular weight excluding hydrogens is 503 g/mol. The van der Waals surface area contributed by atoms with Gasteiger partial charge >= 0.3 is 6.18 Å². The number of rotatable bonds is 9. The molecule has 0 saturated heterocycles. The zero-order valence-electron chi connectivity index (χ0n) is 21.1. The zero-order chi connectivity index (χ0) is 27.4. The topological polar surface area (TPSA) is 72.5 Å². The molecule has 1 N–H and O–H groups in total. The van der Waals surface area contributed by atoms with E-state index in [1.807, 2.05) is 0 Å². The van der Waals surface area contributed by atoms with Gasteiger partial charge in [-0.25, -0.2) is 8.42 Å².